The molecule has 8 heterocycles. The van der Waals surface area contributed by atoms with Gasteiger partial charge in [0.05, 0.1) is 53.2 Å². The van der Waals surface area contributed by atoms with E-state index in [4.69, 9.17) is 23.7 Å². The van der Waals surface area contributed by atoms with Gasteiger partial charge < -0.3 is 48.7 Å². The first kappa shape index (κ1) is 34.7. The minimum Gasteiger partial charge on any atom is -0.507 e. The molecule has 0 amide bonds. The number of hydrogen-bond acceptors (Lipinski definition) is 14. The summed E-state index contributed by atoms with van der Waals surface area (Å²) in [6.45, 7) is 5.08. The summed E-state index contributed by atoms with van der Waals surface area (Å²) in [6, 6.07) is 8.42. The zero-order chi connectivity index (χ0) is 38.9. The number of aromatic hydroxyl groups is 2. The average molecular weight is 778 g/mol. The molecule has 11 rings (SSSR count). The van der Waals surface area contributed by atoms with Crippen LogP contribution in [0, 0.1) is 25.2 Å². The molecule has 1 fully saturated rings. The van der Waals surface area contributed by atoms with E-state index in [9.17, 15) is 25.1 Å². The molecule has 5 atom stereocenters. The first-order valence-corrected chi connectivity index (χ1v) is 19.6. The molecule has 0 aliphatic carbocycles. The van der Waals surface area contributed by atoms with Gasteiger partial charge in [-0.2, -0.15) is 5.26 Å². The Balaban J connectivity index is 1.31. The zero-order valence-corrected chi connectivity index (χ0v) is 32.2. The molecule has 4 aromatic rings. The maximum absolute atomic E-state index is 14.8. The molecule has 3 aromatic carbocycles. The highest BCUT2D eigenvalue weighted by Gasteiger charge is 2.58. The highest BCUT2D eigenvalue weighted by Crippen LogP contribution is 2.65. The van der Waals surface area contributed by atoms with Crippen LogP contribution < -0.4 is 24.3 Å². The summed E-state index contributed by atoms with van der Waals surface area (Å²) >= 11 is 1.44. The van der Waals surface area contributed by atoms with Crippen LogP contribution in [-0.4, -0.2) is 88.9 Å². The summed E-state index contributed by atoms with van der Waals surface area (Å²) < 4.78 is 30.5. The van der Waals surface area contributed by atoms with E-state index < -0.39 is 40.9 Å². The lowest BCUT2D eigenvalue weighted by atomic mass is 9.76. The molecule has 1 spiro atoms. The van der Waals surface area contributed by atoms with Gasteiger partial charge >= 0.3 is 11.9 Å². The van der Waals surface area contributed by atoms with E-state index in [1.54, 1.807) is 6.92 Å². The van der Waals surface area contributed by atoms with E-state index in [0.717, 1.165) is 22.2 Å². The molecule has 0 saturated carbocycles. The van der Waals surface area contributed by atoms with Crippen LogP contribution in [0.1, 0.15) is 62.9 Å². The van der Waals surface area contributed by atoms with Gasteiger partial charge in [-0.3, -0.25) is 10.1 Å². The number of hydrogen-bond donors (Lipinski definition) is 4. The maximum atomic E-state index is 14.8. The van der Waals surface area contributed by atoms with Crippen LogP contribution in [0.2, 0.25) is 0 Å². The van der Waals surface area contributed by atoms with Gasteiger partial charge in [-0.1, -0.05) is 18.2 Å². The molecule has 288 valence electrons. The fourth-order valence-electron chi connectivity index (χ4n) is 10.1. The average Bonchev–Trinajstić information content (AvgIpc) is 3.83. The number of nitrogens with one attached hydrogen (secondary N) is 2. The lowest BCUT2D eigenvalue weighted by Gasteiger charge is -2.57. The molecule has 0 radical (unpaired) electrons. The Kier molecular flexibility index (Phi) is 7.53. The number of phenols is 2. The predicted octanol–water partition coefficient (Wildman–Crippen LogP) is 4.72. The Morgan fingerprint density at radius 3 is 2.62 bits per heavy atom. The number of carbonyl (C=O) groups is 2. The lowest BCUT2D eigenvalue weighted by molar-refractivity contribution is -0.154. The van der Waals surface area contributed by atoms with Crippen molar-refractivity contribution in [2.24, 2.45) is 0 Å². The van der Waals surface area contributed by atoms with Crippen molar-refractivity contribution in [1.29, 1.82) is 5.26 Å². The van der Waals surface area contributed by atoms with E-state index in [0.29, 0.717) is 75.0 Å². The fraction of sp³-hybridized carbons (Fsp3) is 0.390. The largest absolute Gasteiger partial charge is 0.507 e. The number of carbonyl (C=O) groups excluding carboxylic acids is 2. The highest BCUT2D eigenvalue weighted by atomic mass is 32.2. The number of fused-ring (bicyclic) bond motifs is 11. The van der Waals surface area contributed by atoms with Gasteiger partial charge in [-0.25, -0.2) is 4.79 Å². The summed E-state index contributed by atoms with van der Waals surface area (Å²) in [7, 11) is 3.33. The van der Waals surface area contributed by atoms with E-state index in [-0.39, 0.29) is 42.8 Å². The number of ether oxygens (including phenoxy) is 5. The second kappa shape index (κ2) is 12.1. The number of para-hydroxylation sites is 1. The molecule has 1 aromatic heterocycles. The third-order valence-electron chi connectivity index (χ3n) is 12.5. The summed E-state index contributed by atoms with van der Waals surface area (Å²) in [5.74, 6) is 0.284. The van der Waals surface area contributed by atoms with Gasteiger partial charge in [0.1, 0.15) is 24.1 Å². The Hall–Kier alpha value is -5.72. The third kappa shape index (κ3) is 4.36. The minimum absolute atomic E-state index is 0.0143. The van der Waals surface area contributed by atoms with Gasteiger partial charge in [0.15, 0.2) is 28.5 Å². The predicted molar refractivity (Wildman–Crippen MR) is 204 cm³/mol. The van der Waals surface area contributed by atoms with Crippen LogP contribution in [0.15, 0.2) is 30.0 Å². The van der Waals surface area contributed by atoms with Gasteiger partial charge in [0, 0.05) is 71.4 Å². The molecular weight excluding hydrogens is 739 g/mol. The van der Waals surface area contributed by atoms with Crippen LogP contribution >= 0.6 is 11.8 Å². The zero-order valence-electron chi connectivity index (χ0n) is 31.4. The number of aromatic amines is 1. The van der Waals surface area contributed by atoms with E-state index >= 15 is 0 Å². The Morgan fingerprint density at radius 1 is 1.07 bits per heavy atom. The number of nitriles is 1. The fourth-order valence-corrected chi connectivity index (χ4v) is 11.6. The van der Waals surface area contributed by atoms with Crippen LogP contribution in [0.3, 0.4) is 0 Å². The molecule has 4 bridgehead atoms. The normalized spacial score (nSPS) is 25.6. The summed E-state index contributed by atoms with van der Waals surface area (Å²) in [4.78, 5) is 35.3. The first-order chi connectivity index (χ1) is 27.0. The van der Waals surface area contributed by atoms with Crippen molar-refractivity contribution in [3.05, 3.63) is 74.6 Å². The number of H-pyrrole nitrogens is 1. The molecule has 15 heteroatoms. The number of aromatic nitrogens is 1. The van der Waals surface area contributed by atoms with E-state index in [2.05, 4.69) is 22.4 Å². The number of methoxy groups -OCH3 is 1. The number of esters is 2. The molecule has 1 saturated heterocycles. The van der Waals surface area contributed by atoms with Crippen molar-refractivity contribution >= 4 is 40.3 Å². The number of nitrogens with zero attached hydrogens (tertiary/aromatic N) is 3. The third-order valence-corrected chi connectivity index (χ3v) is 13.9. The molecule has 14 nitrogen and oxygen atoms in total. The Morgan fingerprint density at radius 2 is 1.86 bits per heavy atom. The SMILES string of the molecule is COc1c(C)c(O)c2c(c1O)C1=C3[C@@H]4SC[C@]5(NCCc6c5[nH]c5ccccc65)C(=O)OC[C@@H](c5c6c(c(C)c(OC(C)=O)c54)OCO6)N3[C@@H](C#N)[C@H](C2)N1C. The van der Waals surface area contributed by atoms with Crippen molar-refractivity contribution in [1.82, 2.24) is 20.1 Å². The second-order valence-electron chi connectivity index (χ2n) is 15.2. The molecule has 0 unspecified atom stereocenters. The van der Waals surface area contributed by atoms with Gasteiger partial charge in [-0.15, -0.1) is 11.8 Å². The number of likely N-dealkylation sites (N-methyl/N-ethyl adjacent to an activating group) is 1. The summed E-state index contributed by atoms with van der Waals surface area (Å²) in [5.41, 5.74) is 5.66. The first-order valence-electron chi connectivity index (χ1n) is 18.6. The summed E-state index contributed by atoms with van der Waals surface area (Å²) in [6.07, 6.45) is 0.937. The van der Waals surface area contributed by atoms with Crippen LogP contribution in [0.5, 0.6) is 34.5 Å². The molecule has 7 aliphatic heterocycles. The maximum Gasteiger partial charge on any atom is 0.333 e. The van der Waals surface area contributed by atoms with E-state index in [1.807, 2.05) is 42.0 Å². The number of rotatable bonds is 2. The topological polar surface area (TPSA) is 179 Å². The van der Waals surface area contributed by atoms with Crippen molar-refractivity contribution in [2.75, 3.05) is 39.9 Å². The molecule has 56 heavy (non-hydrogen) atoms. The lowest BCUT2D eigenvalue weighted by Crippen LogP contribution is -2.61. The second-order valence-corrected chi connectivity index (χ2v) is 16.3. The smallest absolute Gasteiger partial charge is 0.333 e. The monoisotopic (exact) mass is 777 g/mol. The van der Waals surface area contributed by atoms with Gasteiger partial charge in [-0.05, 0) is 31.9 Å². The number of phenolic OH excluding ortho intramolecular Hbond substituents is 2. The number of thioether (sulfide) groups is 1. The standard InChI is InChI=1S/C41H39N5O9S/c1-17-32(48)22-12-24-25(13-42)46-26-14-52-40(50)41(39-21(10-11-43-41)20-8-6-7-9-23(20)44-39)15-56-38(31(46)30(45(24)4)27(22)33(49)35(17)51-5)29-28(26)37-36(53-16-54-37)18(2)34(29)55-19(3)47/h6-9,24-26,38,43-44,48-49H,10-12,14-16H2,1-5H3/t24-,25-,26-,38+,41+/m0/s1. The van der Waals surface area contributed by atoms with E-state index in [1.165, 1.54) is 25.8 Å². The van der Waals surface area contributed by atoms with Crippen LogP contribution in [-0.2, 0) is 32.7 Å². The quantitative estimate of drug-likeness (QED) is 0.125. The van der Waals surface area contributed by atoms with Crippen molar-refractivity contribution in [3.63, 3.8) is 0 Å². The Bertz CT molecular complexity index is 2520. The Labute approximate surface area is 325 Å². The van der Waals surface area contributed by atoms with Crippen molar-refractivity contribution in [2.45, 2.75) is 62.5 Å². The number of benzene rings is 3. The summed E-state index contributed by atoms with van der Waals surface area (Å²) in [5, 5.41) is 38.8. The van der Waals surface area contributed by atoms with Crippen LogP contribution in [0.4, 0.5) is 0 Å². The molecule has 4 N–H and O–H groups in total. The van der Waals surface area contributed by atoms with Crippen molar-refractivity contribution < 1.29 is 43.5 Å². The highest BCUT2D eigenvalue weighted by molar-refractivity contribution is 7.99. The van der Waals surface area contributed by atoms with Crippen LogP contribution in [0.25, 0.3) is 16.6 Å². The van der Waals surface area contributed by atoms with Gasteiger partial charge in [0.25, 0.3) is 0 Å². The van der Waals surface area contributed by atoms with Gasteiger partial charge in [0.2, 0.25) is 6.79 Å². The molecule has 7 aliphatic rings. The molecular formula is C41H39N5O9S. The minimum atomic E-state index is -1.30. The van der Waals surface area contributed by atoms with Crippen molar-refractivity contribution in [3.8, 4) is 40.6 Å².